The van der Waals surface area contributed by atoms with Crippen LogP contribution < -0.4 is 0 Å². The van der Waals surface area contributed by atoms with E-state index in [9.17, 15) is 17.6 Å². The minimum absolute atomic E-state index is 0.721. The lowest BCUT2D eigenvalue weighted by Crippen LogP contribution is -1.99. The van der Waals surface area contributed by atoms with Crippen molar-refractivity contribution in [2.24, 2.45) is 0 Å². The molecule has 0 saturated carbocycles. The van der Waals surface area contributed by atoms with Gasteiger partial charge < -0.3 is 0 Å². The van der Waals surface area contributed by atoms with Crippen molar-refractivity contribution in [1.29, 1.82) is 0 Å². The van der Waals surface area contributed by atoms with Crippen molar-refractivity contribution < 1.29 is 17.6 Å². The second kappa shape index (κ2) is 3.38. The van der Waals surface area contributed by atoms with Gasteiger partial charge in [-0.25, -0.2) is 17.6 Å². The summed E-state index contributed by atoms with van der Waals surface area (Å²) < 4.78 is 50.7. The van der Waals surface area contributed by atoms with Crippen molar-refractivity contribution in [3.05, 3.63) is 40.4 Å². The fourth-order valence-corrected chi connectivity index (χ4v) is 0.986. The van der Waals surface area contributed by atoms with E-state index in [1.165, 1.54) is 0 Å². The molecule has 0 amide bonds. The van der Waals surface area contributed by atoms with E-state index in [1.54, 1.807) is 0 Å². The van der Waals surface area contributed by atoms with Crippen LogP contribution in [0.3, 0.4) is 0 Å². The lowest BCUT2D eigenvalue weighted by molar-refractivity contribution is 0.433. The largest absolute Gasteiger partial charge is 0.204 e. The van der Waals surface area contributed by atoms with Gasteiger partial charge in [0.15, 0.2) is 23.3 Å². The normalized spacial score (nSPS) is 10.2. The molecule has 5 heteroatoms. The van der Waals surface area contributed by atoms with Crippen molar-refractivity contribution in [3.63, 3.8) is 0 Å². The first-order valence-electron chi connectivity index (χ1n) is 3.14. The standard InChI is InChI=1S/C8H3ClF4/c1-2-3-5(10)4(9)7(12)8(13)6(3)11/h2H,1H2. The third-order valence-corrected chi connectivity index (χ3v) is 1.78. The molecule has 0 fully saturated rings. The van der Waals surface area contributed by atoms with Gasteiger partial charge in [0, 0.05) is 0 Å². The minimum atomic E-state index is -1.80. The van der Waals surface area contributed by atoms with Crippen LogP contribution >= 0.6 is 11.6 Å². The Balaban J connectivity index is 3.66. The van der Waals surface area contributed by atoms with Crippen LogP contribution in [0.4, 0.5) is 17.6 Å². The first-order valence-corrected chi connectivity index (χ1v) is 3.52. The van der Waals surface area contributed by atoms with E-state index in [4.69, 9.17) is 11.6 Å². The predicted molar refractivity (Wildman–Crippen MR) is 41.4 cm³/mol. The van der Waals surface area contributed by atoms with Gasteiger partial charge in [-0.1, -0.05) is 24.3 Å². The number of hydrogen-bond donors (Lipinski definition) is 0. The molecular formula is C8H3ClF4. The van der Waals surface area contributed by atoms with Crippen LogP contribution in [-0.4, -0.2) is 0 Å². The highest BCUT2D eigenvalue weighted by Gasteiger charge is 2.22. The van der Waals surface area contributed by atoms with Crippen molar-refractivity contribution >= 4 is 17.7 Å². The summed E-state index contributed by atoms with van der Waals surface area (Å²) in [5, 5.41) is -1.08. The topological polar surface area (TPSA) is 0 Å². The van der Waals surface area contributed by atoms with Crippen LogP contribution in [0, 0.1) is 23.3 Å². The zero-order valence-corrected chi connectivity index (χ0v) is 6.93. The summed E-state index contributed by atoms with van der Waals surface area (Å²) >= 11 is 5.03. The molecule has 0 aliphatic carbocycles. The van der Waals surface area contributed by atoms with Gasteiger partial charge in [0.05, 0.1) is 5.56 Å². The van der Waals surface area contributed by atoms with Gasteiger partial charge in [-0.15, -0.1) is 0 Å². The fraction of sp³-hybridized carbons (Fsp3) is 0. The van der Waals surface area contributed by atoms with Crippen LogP contribution in [0.25, 0.3) is 6.08 Å². The summed E-state index contributed by atoms with van der Waals surface area (Å²) in [7, 11) is 0. The average molecular weight is 211 g/mol. The highest BCUT2D eigenvalue weighted by molar-refractivity contribution is 6.31. The molecule has 0 radical (unpaired) electrons. The number of benzene rings is 1. The van der Waals surface area contributed by atoms with Crippen molar-refractivity contribution in [1.82, 2.24) is 0 Å². The summed E-state index contributed by atoms with van der Waals surface area (Å²) in [5.41, 5.74) is -0.774. The third kappa shape index (κ3) is 1.42. The number of rotatable bonds is 1. The van der Waals surface area contributed by atoms with Gasteiger partial charge in [-0.05, 0) is 0 Å². The molecule has 0 spiro atoms. The Morgan fingerprint density at radius 2 is 1.46 bits per heavy atom. The zero-order valence-electron chi connectivity index (χ0n) is 6.17. The molecule has 0 nitrogen and oxygen atoms in total. The molecule has 70 valence electrons. The maximum Gasteiger partial charge on any atom is 0.196 e. The van der Waals surface area contributed by atoms with E-state index in [0.29, 0.717) is 0 Å². The quantitative estimate of drug-likeness (QED) is 0.378. The lowest BCUT2D eigenvalue weighted by atomic mass is 10.2. The molecule has 0 bridgehead atoms. The Morgan fingerprint density at radius 3 is 1.92 bits per heavy atom. The molecule has 0 aromatic heterocycles. The maximum absolute atomic E-state index is 12.9. The summed E-state index contributed by atoms with van der Waals surface area (Å²) in [6, 6.07) is 0. The van der Waals surface area contributed by atoms with Crippen LogP contribution in [0.15, 0.2) is 6.58 Å². The van der Waals surface area contributed by atoms with E-state index < -0.39 is 33.9 Å². The molecule has 1 aromatic rings. The predicted octanol–water partition coefficient (Wildman–Crippen LogP) is 3.54. The molecule has 1 rings (SSSR count). The van der Waals surface area contributed by atoms with Gasteiger partial charge in [0.25, 0.3) is 0 Å². The SMILES string of the molecule is C=Cc1c(F)c(F)c(F)c(Cl)c1F. The number of hydrogen-bond acceptors (Lipinski definition) is 0. The average Bonchev–Trinajstić information content (AvgIpc) is 2.13. The molecule has 0 aliphatic rings. The second-order valence-corrected chi connectivity index (χ2v) is 2.57. The molecule has 0 N–H and O–H groups in total. The minimum Gasteiger partial charge on any atom is -0.204 e. The molecular weight excluding hydrogens is 208 g/mol. The van der Waals surface area contributed by atoms with Crippen LogP contribution in [-0.2, 0) is 0 Å². The summed E-state index contributed by atoms with van der Waals surface area (Å²) in [5.74, 6) is -6.52. The van der Waals surface area contributed by atoms with Gasteiger partial charge in [0.2, 0.25) is 0 Å². The van der Waals surface area contributed by atoms with Gasteiger partial charge >= 0.3 is 0 Å². The van der Waals surface area contributed by atoms with E-state index in [-0.39, 0.29) is 0 Å². The Morgan fingerprint density at radius 1 is 0.923 bits per heavy atom. The molecule has 0 atom stereocenters. The fourth-order valence-electron chi connectivity index (χ4n) is 0.801. The van der Waals surface area contributed by atoms with Crippen LogP contribution in [0.2, 0.25) is 5.02 Å². The molecule has 13 heavy (non-hydrogen) atoms. The lowest BCUT2D eigenvalue weighted by Gasteiger charge is -2.03. The van der Waals surface area contributed by atoms with Crippen molar-refractivity contribution in [3.8, 4) is 0 Å². The van der Waals surface area contributed by atoms with E-state index in [0.717, 1.165) is 6.08 Å². The molecule has 1 aromatic carbocycles. The zero-order chi connectivity index (χ0) is 10.2. The van der Waals surface area contributed by atoms with Crippen LogP contribution in [0.5, 0.6) is 0 Å². The van der Waals surface area contributed by atoms with Crippen molar-refractivity contribution in [2.45, 2.75) is 0 Å². The van der Waals surface area contributed by atoms with E-state index >= 15 is 0 Å². The Kier molecular flexibility index (Phi) is 2.61. The second-order valence-electron chi connectivity index (χ2n) is 2.19. The van der Waals surface area contributed by atoms with E-state index in [2.05, 4.69) is 6.58 Å². The van der Waals surface area contributed by atoms with Gasteiger partial charge in [-0.3, -0.25) is 0 Å². The molecule has 0 heterocycles. The summed E-state index contributed by atoms with van der Waals surface area (Å²) in [6.45, 7) is 3.04. The first-order chi connectivity index (χ1) is 6.00. The molecule has 0 unspecified atom stereocenters. The Bertz CT molecular complexity index is 344. The van der Waals surface area contributed by atoms with Gasteiger partial charge in [0.1, 0.15) is 5.02 Å². The molecule has 0 aliphatic heterocycles. The van der Waals surface area contributed by atoms with Gasteiger partial charge in [-0.2, -0.15) is 0 Å². The van der Waals surface area contributed by atoms with Crippen LogP contribution in [0.1, 0.15) is 5.56 Å². The Labute approximate surface area is 76.4 Å². The summed E-state index contributed by atoms with van der Waals surface area (Å²) in [6.07, 6.45) is 0.721. The monoisotopic (exact) mass is 210 g/mol. The number of halogens is 5. The molecule has 0 saturated heterocycles. The smallest absolute Gasteiger partial charge is 0.196 e. The van der Waals surface area contributed by atoms with E-state index in [1.807, 2.05) is 0 Å². The Hall–Kier alpha value is -1.03. The highest BCUT2D eigenvalue weighted by atomic mass is 35.5. The highest BCUT2D eigenvalue weighted by Crippen LogP contribution is 2.28. The maximum atomic E-state index is 12.9. The third-order valence-electron chi connectivity index (χ3n) is 1.45. The van der Waals surface area contributed by atoms with Crippen molar-refractivity contribution in [2.75, 3.05) is 0 Å². The first kappa shape index (κ1) is 10.1. The summed E-state index contributed by atoms with van der Waals surface area (Å²) in [4.78, 5) is 0.